The molecule has 3 N–H and O–H groups in total. The second kappa shape index (κ2) is 5.64. The summed E-state index contributed by atoms with van der Waals surface area (Å²) in [6.45, 7) is 3.68. The minimum atomic E-state index is -3.47. The van der Waals surface area contributed by atoms with E-state index >= 15 is 0 Å². The minimum absolute atomic E-state index is 0.150. The molecular weight excluding hydrogens is 278 g/mol. The summed E-state index contributed by atoms with van der Waals surface area (Å²) in [6, 6.07) is 6.90. The summed E-state index contributed by atoms with van der Waals surface area (Å²) in [5, 5.41) is 3.79. The van der Waals surface area contributed by atoms with Crippen LogP contribution in [-0.2, 0) is 22.3 Å². The van der Waals surface area contributed by atoms with Gasteiger partial charge in [-0.1, -0.05) is 23.4 Å². The lowest BCUT2D eigenvalue weighted by Crippen LogP contribution is -2.25. The third kappa shape index (κ3) is 3.37. The lowest BCUT2D eigenvalue weighted by Gasteiger charge is -2.08. The van der Waals surface area contributed by atoms with Crippen LogP contribution in [0.1, 0.15) is 22.6 Å². The number of sulfonamides is 1. The average molecular weight is 295 g/mol. The molecule has 0 fully saturated rings. The predicted octanol–water partition coefficient (Wildman–Crippen LogP) is 1.49. The first kappa shape index (κ1) is 14.5. The summed E-state index contributed by atoms with van der Waals surface area (Å²) in [4.78, 5) is 0. The molecule has 0 aliphatic carbocycles. The molecule has 2 aromatic rings. The van der Waals surface area contributed by atoms with Crippen molar-refractivity contribution in [2.45, 2.75) is 26.1 Å². The Kier molecular flexibility index (Phi) is 4.10. The summed E-state index contributed by atoms with van der Waals surface area (Å²) in [5.74, 6) is 0.465. The van der Waals surface area contributed by atoms with Crippen molar-refractivity contribution in [2.75, 3.05) is 5.73 Å². The van der Waals surface area contributed by atoms with E-state index < -0.39 is 10.0 Å². The molecule has 0 spiro atoms. The third-order valence-corrected chi connectivity index (χ3v) is 4.33. The molecule has 0 aliphatic rings. The van der Waals surface area contributed by atoms with E-state index in [0.717, 1.165) is 5.56 Å². The molecule has 0 radical (unpaired) electrons. The van der Waals surface area contributed by atoms with Crippen LogP contribution in [0.2, 0.25) is 0 Å². The van der Waals surface area contributed by atoms with Crippen molar-refractivity contribution in [3.63, 3.8) is 0 Å². The summed E-state index contributed by atoms with van der Waals surface area (Å²) < 4.78 is 31.6. The smallest absolute Gasteiger partial charge is 0.216 e. The van der Waals surface area contributed by atoms with E-state index in [9.17, 15) is 8.42 Å². The first-order valence-electron chi connectivity index (χ1n) is 6.11. The monoisotopic (exact) mass is 295 g/mol. The zero-order chi connectivity index (χ0) is 14.8. The summed E-state index contributed by atoms with van der Waals surface area (Å²) in [7, 11) is -3.47. The maximum absolute atomic E-state index is 12.1. The number of nitrogens with zero attached hydrogens (tertiary/aromatic N) is 1. The molecule has 1 heterocycles. The highest BCUT2D eigenvalue weighted by Crippen LogP contribution is 2.15. The van der Waals surface area contributed by atoms with Gasteiger partial charge in [-0.05, 0) is 25.5 Å². The Morgan fingerprint density at radius 3 is 2.60 bits per heavy atom. The van der Waals surface area contributed by atoms with Crippen LogP contribution in [0.3, 0.4) is 0 Å². The van der Waals surface area contributed by atoms with Crippen molar-refractivity contribution >= 4 is 15.7 Å². The summed E-state index contributed by atoms with van der Waals surface area (Å²) in [5.41, 5.74) is 8.24. The highest BCUT2D eigenvalue weighted by molar-refractivity contribution is 7.88. The van der Waals surface area contributed by atoms with Crippen LogP contribution in [0.4, 0.5) is 5.69 Å². The standard InChI is InChI=1S/C13H17N3O3S/c1-9-12(10(2)19-16-9)7-15-20(17,18)8-11-5-3-4-6-13(11)14/h3-6,15H,7-8,14H2,1-2H3. The van der Waals surface area contributed by atoms with Gasteiger partial charge in [0.2, 0.25) is 10.0 Å². The molecule has 108 valence electrons. The number of benzene rings is 1. The predicted molar refractivity (Wildman–Crippen MR) is 76.3 cm³/mol. The summed E-state index contributed by atoms with van der Waals surface area (Å²) in [6.07, 6.45) is 0. The Hall–Kier alpha value is -1.86. The molecule has 0 saturated heterocycles. The zero-order valence-corrected chi connectivity index (χ0v) is 12.2. The van der Waals surface area contributed by atoms with E-state index in [1.807, 2.05) is 0 Å². The van der Waals surface area contributed by atoms with Gasteiger partial charge in [-0.2, -0.15) is 0 Å². The van der Waals surface area contributed by atoms with Gasteiger partial charge in [0.15, 0.2) is 0 Å². The Labute approximate surface area is 118 Å². The molecule has 0 saturated carbocycles. The number of hydrogen-bond donors (Lipinski definition) is 2. The van der Waals surface area contributed by atoms with Gasteiger partial charge in [-0.15, -0.1) is 0 Å². The second-order valence-electron chi connectivity index (χ2n) is 4.58. The van der Waals surface area contributed by atoms with E-state index in [-0.39, 0.29) is 12.3 Å². The second-order valence-corrected chi connectivity index (χ2v) is 6.39. The number of anilines is 1. The highest BCUT2D eigenvalue weighted by Gasteiger charge is 2.16. The van der Waals surface area contributed by atoms with Crippen molar-refractivity contribution in [1.29, 1.82) is 0 Å². The first-order valence-corrected chi connectivity index (χ1v) is 7.77. The topological polar surface area (TPSA) is 98.2 Å². The third-order valence-electron chi connectivity index (χ3n) is 3.05. The lowest BCUT2D eigenvalue weighted by atomic mass is 10.2. The number of aryl methyl sites for hydroxylation is 2. The van der Waals surface area contributed by atoms with Crippen molar-refractivity contribution in [3.8, 4) is 0 Å². The molecule has 0 amide bonds. The van der Waals surface area contributed by atoms with Crippen molar-refractivity contribution in [1.82, 2.24) is 9.88 Å². The van der Waals surface area contributed by atoms with Crippen molar-refractivity contribution in [2.24, 2.45) is 0 Å². The molecular formula is C13H17N3O3S. The minimum Gasteiger partial charge on any atom is -0.398 e. The van der Waals surface area contributed by atoms with Gasteiger partial charge < -0.3 is 10.3 Å². The van der Waals surface area contributed by atoms with Gasteiger partial charge in [-0.3, -0.25) is 0 Å². The van der Waals surface area contributed by atoms with Crippen LogP contribution in [0, 0.1) is 13.8 Å². The maximum atomic E-state index is 12.1. The molecule has 0 aliphatic heterocycles. The van der Waals surface area contributed by atoms with Crippen LogP contribution in [0.5, 0.6) is 0 Å². The van der Waals surface area contributed by atoms with Gasteiger partial charge in [0.25, 0.3) is 0 Å². The number of rotatable bonds is 5. The molecule has 0 unspecified atom stereocenters. The number of para-hydroxylation sites is 1. The van der Waals surface area contributed by atoms with Gasteiger partial charge in [0.1, 0.15) is 5.76 Å². The van der Waals surface area contributed by atoms with Gasteiger partial charge in [0, 0.05) is 17.8 Å². The molecule has 1 aromatic heterocycles. The molecule has 6 nitrogen and oxygen atoms in total. The number of nitrogen functional groups attached to an aromatic ring is 1. The van der Waals surface area contributed by atoms with Crippen molar-refractivity contribution in [3.05, 3.63) is 46.8 Å². The molecule has 0 atom stereocenters. The SMILES string of the molecule is Cc1noc(C)c1CNS(=O)(=O)Cc1ccccc1N. The zero-order valence-electron chi connectivity index (χ0n) is 11.4. The Morgan fingerprint density at radius 1 is 1.30 bits per heavy atom. The number of nitrogens with one attached hydrogen (secondary N) is 1. The maximum Gasteiger partial charge on any atom is 0.216 e. The Balaban J connectivity index is 2.07. The van der Waals surface area contributed by atoms with E-state index in [4.69, 9.17) is 10.3 Å². The van der Waals surface area contributed by atoms with Crippen molar-refractivity contribution < 1.29 is 12.9 Å². The van der Waals surface area contributed by atoms with Crippen LogP contribution in [0.15, 0.2) is 28.8 Å². The highest BCUT2D eigenvalue weighted by atomic mass is 32.2. The molecule has 0 bridgehead atoms. The number of hydrogen-bond acceptors (Lipinski definition) is 5. The molecule has 2 rings (SSSR count). The first-order chi connectivity index (χ1) is 9.39. The quantitative estimate of drug-likeness (QED) is 0.814. The number of aromatic nitrogens is 1. The fraction of sp³-hybridized carbons (Fsp3) is 0.308. The van der Waals surface area contributed by atoms with Crippen LogP contribution < -0.4 is 10.5 Å². The lowest BCUT2D eigenvalue weighted by molar-refractivity contribution is 0.392. The number of nitrogens with two attached hydrogens (primary N) is 1. The van der Waals surface area contributed by atoms with Crippen LogP contribution in [0.25, 0.3) is 0 Å². The Morgan fingerprint density at radius 2 is 2.00 bits per heavy atom. The average Bonchev–Trinajstić information content (AvgIpc) is 2.69. The fourth-order valence-electron chi connectivity index (χ4n) is 1.86. The van der Waals surface area contributed by atoms with Gasteiger partial charge in [0.05, 0.1) is 11.4 Å². The fourth-order valence-corrected chi connectivity index (χ4v) is 3.00. The molecule has 20 heavy (non-hydrogen) atoms. The normalized spacial score (nSPS) is 11.7. The Bertz CT molecular complexity index is 688. The van der Waals surface area contributed by atoms with E-state index in [0.29, 0.717) is 22.7 Å². The molecule has 7 heteroatoms. The van der Waals surface area contributed by atoms with E-state index in [2.05, 4.69) is 9.88 Å². The van der Waals surface area contributed by atoms with Crippen LogP contribution >= 0.6 is 0 Å². The van der Waals surface area contributed by atoms with Crippen LogP contribution in [-0.4, -0.2) is 13.6 Å². The largest absolute Gasteiger partial charge is 0.398 e. The van der Waals surface area contributed by atoms with Gasteiger partial charge in [-0.25, -0.2) is 13.1 Å². The van der Waals surface area contributed by atoms with Gasteiger partial charge >= 0.3 is 0 Å². The molecule has 1 aromatic carbocycles. The van der Waals surface area contributed by atoms with E-state index in [1.54, 1.807) is 38.1 Å². The summed E-state index contributed by atoms with van der Waals surface area (Å²) >= 11 is 0. The van der Waals surface area contributed by atoms with E-state index in [1.165, 1.54) is 0 Å².